The minimum absolute atomic E-state index is 0.651. The van der Waals surface area contributed by atoms with Gasteiger partial charge in [-0.25, -0.2) is 0 Å². The molecule has 0 saturated heterocycles. The van der Waals surface area contributed by atoms with E-state index in [4.69, 9.17) is 11.6 Å². The fourth-order valence-corrected chi connectivity index (χ4v) is 5.96. The van der Waals surface area contributed by atoms with Crippen LogP contribution >= 0.6 is 27.5 Å². The number of halogens is 2. The van der Waals surface area contributed by atoms with E-state index in [2.05, 4.69) is 173 Å². The average Bonchev–Trinajstić information content (AvgIpc) is 3.03. The lowest BCUT2D eigenvalue weighted by molar-refractivity contribution is 1.21. The fraction of sp³-hybridized carbons (Fsp3) is 0.0526. The summed E-state index contributed by atoms with van der Waals surface area (Å²) in [6.07, 6.45) is 0. The summed E-state index contributed by atoms with van der Waals surface area (Å²) in [5.41, 5.74) is 10.9. The van der Waals surface area contributed by atoms with Gasteiger partial charge in [0.2, 0.25) is 0 Å². The summed E-state index contributed by atoms with van der Waals surface area (Å²) >= 11 is 11.0. The second-order valence-corrected chi connectivity index (χ2v) is 11.5. The molecule has 6 aromatic carbocycles. The van der Waals surface area contributed by atoms with E-state index in [-0.39, 0.29) is 0 Å². The van der Waals surface area contributed by atoms with Crippen molar-refractivity contribution in [1.29, 1.82) is 0 Å². The molecule has 206 valence electrons. The standard InChI is InChI=1S/C38H30BrClN2/c1-27-13-9-11-19-35(27)42(36-20-12-10-14-28(36)2)37-26-33(25-34(39)38(37)40)41(31-17-7-4-8-18-31)32-23-21-30(22-24-32)29-15-5-3-6-16-29/h3-26H,1-2H3. The summed E-state index contributed by atoms with van der Waals surface area (Å²) in [6, 6.07) is 50.8. The van der Waals surface area contributed by atoms with Crippen LogP contribution in [0, 0.1) is 13.8 Å². The van der Waals surface area contributed by atoms with Crippen molar-refractivity contribution in [3.63, 3.8) is 0 Å². The van der Waals surface area contributed by atoms with Gasteiger partial charge in [-0.3, -0.25) is 0 Å². The van der Waals surface area contributed by atoms with E-state index < -0.39 is 0 Å². The first-order valence-corrected chi connectivity index (χ1v) is 15.1. The zero-order chi connectivity index (χ0) is 29.1. The molecule has 0 aliphatic heterocycles. The molecule has 0 fully saturated rings. The monoisotopic (exact) mass is 628 g/mol. The summed E-state index contributed by atoms with van der Waals surface area (Å²) in [5, 5.41) is 0.651. The minimum Gasteiger partial charge on any atom is -0.310 e. The molecule has 0 aromatic heterocycles. The number of hydrogen-bond acceptors (Lipinski definition) is 2. The third kappa shape index (κ3) is 5.59. The highest BCUT2D eigenvalue weighted by Gasteiger charge is 2.23. The van der Waals surface area contributed by atoms with Gasteiger partial charge in [-0.15, -0.1) is 0 Å². The van der Waals surface area contributed by atoms with Crippen LogP contribution in [-0.4, -0.2) is 0 Å². The van der Waals surface area contributed by atoms with Crippen LogP contribution in [0.5, 0.6) is 0 Å². The van der Waals surface area contributed by atoms with Gasteiger partial charge >= 0.3 is 0 Å². The predicted octanol–water partition coefficient (Wildman–Crippen LogP) is 12.3. The number of para-hydroxylation sites is 3. The molecule has 42 heavy (non-hydrogen) atoms. The lowest BCUT2D eigenvalue weighted by Gasteiger charge is -2.32. The van der Waals surface area contributed by atoms with Crippen LogP contribution < -0.4 is 9.80 Å². The van der Waals surface area contributed by atoms with Crippen molar-refractivity contribution >= 4 is 61.7 Å². The van der Waals surface area contributed by atoms with E-state index in [1.807, 2.05) is 12.1 Å². The van der Waals surface area contributed by atoms with E-state index >= 15 is 0 Å². The number of hydrogen-bond donors (Lipinski definition) is 0. The first kappa shape index (κ1) is 27.8. The molecule has 0 atom stereocenters. The molecule has 0 heterocycles. The molecular weight excluding hydrogens is 600 g/mol. The SMILES string of the molecule is Cc1ccccc1N(c1ccccc1C)c1cc(N(c2ccccc2)c2ccc(-c3ccccc3)cc2)cc(Br)c1Cl. The van der Waals surface area contributed by atoms with Gasteiger partial charge in [-0.1, -0.05) is 109 Å². The van der Waals surface area contributed by atoms with Gasteiger partial charge in [-0.2, -0.15) is 0 Å². The molecule has 0 unspecified atom stereocenters. The minimum atomic E-state index is 0.651. The van der Waals surface area contributed by atoms with Crippen molar-refractivity contribution in [3.05, 3.63) is 166 Å². The largest absolute Gasteiger partial charge is 0.310 e. The van der Waals surface area contributed by atoms with Crippen molar-refractivity contribution in [3.8, 4) is 11.1 Å². The molecular formula is C38H30BrClN2. The molecule has 0 aliphatic rings. The average molecular weight is 630 g/mol. The Bertz CT molecular complexity index is 1770. The molecule has 0 N–H and O–H groups in total. The van der Waals surface area contributed by atoms with Gasteiger partial charge in [0.05, 0.1) is 10.7 Å². The summed E-state index contributed by atoms with van der Waals surface area (Å²) in [7, 11) is 0. The van der Waals surface area contributed by atoms with Crippen LogP contribution in [0.2, 0.25) is 5.02 Å². The summed E-state index contributed by atoms with van der Waals surface area (Å²) in [6.45, 7) is 4.27. The Morgan fingerprint density at radius 3 is 1.50 bits per heavy atom. The summed E-state index contributed by atoms with van der Waals surface area (Å²) in [4.78, 5) is 4.54. The number of rotatable bonds is 7. The van der Waals surface area contributed by atoms with Crippen molar-refractivity contribution in [2.75, 3.05) is 9.80 Å². The van der Waals surface area contributed by atoms with Gasteiger partial charge in [-0.05, 0) is 101 Å². The Balaban J connectivity index is 1.54. The zero-order valence-corrected chi connectivity index (χ0v) is 25.8. The molecule has 0 saturated carbocycles. The normalized spacial score (nSPS) is 10.9. The predicted molar refractivity (Wildman–Crippen MR) is 183 cm³/mol. The molecule has 6 rings (SSSR count). The van der Waals surface area contributed by atoms with Crippen molar-refractivity contribution in [2.24, 2.45) is 0 Å². The Morgan fingerprint density at radius 1 is 0.452 bits per heavy atom. The third-order valence-electron chi connectivity index (χ3n) is 7.45. The maximum atomic E-state index is 7.14. The second kappa shape index (κ2) is 12.3. The lowest BCUT2D eigenvalue weighted by Crippen LogP contribution is -2.15. The number of nitrogens with zero attached hydrogens (tertiary/aromatic N) is 2. The molecule has 0 aliphatic carbocycles. The lowest BCUT2D eigenvalue weighted by atomic mass is 10.0. The highest BCUT2D eigenvalue weighted by molar-refractivity contribution is 9.10. The topological polar surface area (TPSA) is 6.48 Å². The third-order valence-corrected chi connectivity index (χ3v) is 8.70. The highest BCUT2D eigenvalue weighted by Crippen LogP contribution is 2.47. The molecule has 4 heteroatoms. The van der Waals surface area contributed by atoms with Crippen molar-refractivity contribution in [2.45, 2.75) is 13.8 Å². The highest BCUT2D eigenvalue weighted by atomic mass is 79.9. The smallest absolute Gasteiger partial charge is 0.0790 e. The van der Waals surface area contributed by atoms with Gasteiger partial charge in [0.15, 0.2) is 0 Å². The Labute approximate surface area is 261 Å². The number of anilines is 6. The maximum Gasteiger partial charge on any atom is 0.0790 e. The second-order valence-electron chi connectivity index (χ2n) is 10.3. The number of aryl methyl sites for hydroxylation is 2. The molecule has 0 amide bonds. The molecule has 2 nitrogen and oxygen atoms in total. The first-order chi connectivity index (χ1) is 20.5. The Hall–Kier alpha value is -4.31. The van der Waals surface area contributed by atoms with Crippen LogP contribution in [-0.2, 0) is 0 Å². The van der Waals surface area contributed by atoms with Gasteiger partial charge in [0.25, 0.3) is 0 Å². The van der Waals surface area contributed by atoms with Crippen molar-refractivity contribution < 1.29 is 0 Å². The maximum absolute atomic E-state index is 7.14. The van der Waals surface area contributed by atoms with Crippen LogP contribution in [0.15, 0.2) is 150 Å². The quantitative estimate of drug-likeness (QED) is 0.173. The van der Waals surface area contributed by atoms with Crippen LogP contribution in [0.25, 0.3) is 11.1 Å². The van der Waals surface area contributed by atoms with Crippen molar-refractivity contribution in [1.82, 2.24) is 0 Å². The molecule has 6 aromatic rings. The molecule has 0 bridgehead atoms. The van der Waals surface area contributed by atoms with Crippen LogP contribution in [0.1, 0.15) is 11.1 Å². The van der Waals surface area contributed by atoms with Gasteiger partial charge in [0, 0.05) is 32.9 Å². The van der Waals surface area contributed by atoms with E-state index in [0.29, 0.717) is 5.02 Å². The van der Waals surface area contributed by atoms with E-state index in [1.165, 1.54) is 11.1 Å². The summed E-state index contributed by atoms with van der Waals surface area (Å²) in [5.74, 6) is 0. The number of benzene rings is 6. The Kier molecular flexibility index (Phi) is 8.14. The fourth-order valence-electron chi connectivity index (χ4n) is 5.33. The van der Waals surface area contributed by atoms with Gasteiger partial charge in [0.1, 0.15) is 0 Å². The summed E-state index contributed by atoms with van der Waals surface area (Å²) < 4.78 is 0.825. The Morgan fingerprint density at radius 2 is 0.929 bits per heavy atom. The van der Waals surface area contributed by atoms with E-state index in [9.17, 15) is 0 Å². The van der Waals surface area contributed by atoms with Crippen LogP contribution in [0.3, 0.4) is 0 Å². The first-order valence-electron chi connectivity index (χ1n) is 13.9. The van der Waals surface area contributed by atoms with E-state index in [1.54, 1.807) is 0 Å². The zero-order valence-electron chi connectivity index (χ0n) is 23.5. The molecule has 0 spiro atoms. The molecule has 0 radical (unpaired) electrons. The van der Waals surface area contributed by atoms with Gasteiger partial charge < -0.3 is 9.80 Å². The van der Waals surface area contributed by atoms with E-state index in [0.717, 1.165) is 49.7 Å². The van der Waals surface area contributed by atoms with Crippen LogP contribution in [0.4, 0.5) is 34.1 Å².